The Kier molecular flexibility index (Phi) is 7.02. The minimum absolute atomic E-state index is 0.0421. The molecule has 8 heteroatoms. The number of fused-ring (bicyclic) bond motifs is 1. The van der Waals surface area contributed by atoms with Crippen LogP contribution in [0.25, 0.3) is 0 Å². The summed E-state index contributed by atoms with van der Waals surface area (Å²) in [4.78, 5) is 37.3. The van der Waals surface area contributed by atoms with Gasteiger partial charge in [0.2, 0.25) is 5.91 Å². The highest BCUT2D eigenvalue weighted by Crippen LogP contribution is 2.28. The normalized spacial score (nSPS) is 14.0. The SMILES string of the molecule is CC(C)(C)OC(=O)NCCC(=O)NNC(=O)c1cc2c(s1)CCCCC2. The van der Waals surface area contributed by atoms with Gasteiger partial charge < -0.3 is 10.1 Å². The van der Waals surface area contributed by atoms with Gasteiger partial charge in [0.15, 0.2) is 0 Å². The van der Waals surface area contributed by atoms with Crippen LogP contribution in [0.4, 0.5) is 4.79 Å². The van der Waals surface area contributed by atoms with Gasteiger partial charge in [0.1, 0.15) is 5.60 Å². The van der Waals surface area contributed by atoms with Crippen molar-refractivity contribution in [2.45, 2.75) is 64.9 Å². The second-order valence-electron chi connectivity index (χ2n) is 7.30. The molecule has 2 rings (SSSR count). The van der Waals surface area contributed by atoms with Gasteiger partial charge in [-0.05, 0) is 58.1 Å². The van der Waals surface area contributed by atoms with Gasteiger partial charge in [-0.1, -0.05) is 6.42 Å². The van der Waals surface area contributed by atoms with Gasteiger partial charge in [0.05, 0.1) is 4.88 Å². The van der Waals surface area contributed by atoms with Crippen LogP contribution in [0.15, 0.2) is 6.07 Å². The first-order valence-electron chi connectivity index (χ1n) is 8.92. The molecule has 144 valence electrons. The van der Waals surface area contributed by atoms with Crippen LogP contribution in [0, 0.1) is 0 Å². The van der Waals surface area contributed by atoms with Crippen molar-refractivity contribution < 1.29 is 19.1 Å². The topological polar surface area (TPSA) is 96.5 Å². The predicted octanol–water partition coefficient (Wildman–Crippen LogP) is 2.69. The van der Waals surface area contributed by atoms with Crippen molar-refractivity contribution in [3.05, 3.63) is 21.4 Å². The molecule has 0 aliphatic heterocycles. The van der Waals surface area contributed by atoms with E-state index in [4.69, 9.17) is 4.74 Å². The molecule has 26 heavy (non-hydrogen) atoms. The maximum atomic E-state index is 12.2. The molecule has 1 aromatic heterocycles. The number of hydrogen-bond donors (Lipinski definition) is 3. The molecule has 1 heterocycles. The molecule has 7 nitrogen and oxygen atoms in total. The zero-order valence-electron chi connectivity index (χ0n) is 15.6. The van der Waals surface area contributed by atoms with Gasteiger partial charge in [-0.2, -0.15) is 0 Å². The maximum absolute atomic E-state index is 12.2. The first-order valence-corrected chi connectivity index (χ1v) is 9.74. The monoisotopic (exact) mass is 381 g/mol. The number of aryl methyl sites for hydroxylation is 2. The second-order valence-corrected chi connectivity index (χ2v) is 8.44. The third-order valence-corrected chi connectivity index (χ3v) is 5.04. The van der Waals surface area contributed by atoms with Crippen LogP contribution in [-0.4, -0.2) is 30.1 Å². The lowest BCUT2D eigenvalue weighted by atomic mass is 10.1. The number of carbonyl (C=O) groups is 3. The minimum atomic E-state index is -0.584. The van der Waals surface area contributed by atoms with Crippen LogP contribution >= 0.6 is 11.3 Å². The van der Waals surface area contributed by atoms with E-state index in [1.54, 1.807) is 20.8 Å². The number of amides is 3. The molecule has 1 aromatic rings. The lowest BCUT2D eigenvalue weighted by molar-refractivity contribution is -0.121. The van der Waals surface area contributed by atoms with Gasteiger partial charge in [-0.15, -0.1) is 11.3 Å². The van der Waals surface area contributed by atoms with E-state index in [1.807, 2.05) is 6.07 Å². The van der Waals surface area contributed by atoms with Crippen LogP contribution in [0.2, 0.25) is 0 Å². The summed E-state index contributed by atoms with van der Waals surface area (Å²) in [5.74, 6) is -0.691. The number of nitrogens with one attached hydrogen (secondary N) is 3. The summed E-state index contributed by atoms with van der Waals surface area (Å²) in [5.41, 5.74) is 5.47. The van der Waals surface area contributed by atoms with Crippen molar-refractivity contribution in [3.63, 3.8) is 0 Å². The average molecular weight is 381 g/mol. The first-order chi connectivity index (χ1) is 12.2. The van der Waals surface area contributed by atoms with E-state index in [-0.39, 0.29) is 24.8 Å². The van der Waals surface area contributed by atoms with Crippen molar-refractivity contribution in [2.75, 3.05) is 6.54 Å². The Morgan fingerprint density at radius 2 is 1.85 bits per heavy atom. The highest BCUT2D eigenvalue weighted by molar-refractivity contribution is 7.14. The van der Waals surface area contributed by atoms with E-state index in [2.05, 4.69) is 16.2 Å². The first kappa shape index (κ1) is 20.2. The second kappa shape index (κ2) is 9.02. The fourth-order valence-corrected chi connectivity index (χ4v) is 3.77. The van der Waals surface area contributed by atoms with Crippen LogP contribution in [0.5, 0.6) is 0 Å². The Morgan fingerprint density at radius 3 is 2.58 bits per heavy atom. The quantitative estimate of drug-likeness (QED) is 0.552. The van der Waals surface area contributed by atoms with E-state index in [1.165, 1.54) is 28.2 Å². The van der Waals surface area contributed by atoms with Crippen LogP contribution in [-0.2, 0) is 22.4 Å². The highest BCUT2D eigenvalue weighted by Gasteiger charge is 2.18. The molecule has 3 amide bonds. The van der Waals surface area contributed by atoms with E-state index in [0.717, 1.165) is 25.7 Å². The third-order valence-electron chi connectivity index (χ3n) is 3.81. The molecule has 0 fully saturated rings. The van der Waals surface area contributed by atoms with Crippen LogP contribution in [0.1, 0.15) is 66.6 Å². The molecule has 0 saturated carbocycles. The maximum Gasteiger partial charge on any atom is 0.407 e. The average Bonchev–Trinajstić information content (AvgIpc) is 2.82. The molecule has 0 radical (unpaired) electrons. The molecule has 0 unspecified atom stereocenters. The van der Waals surface area contributed by atoms with Crippen molar-refractivity contribution in [3.8, 4) is 0 Å². The largest absolute Gasteiger partial charge is 0.444 e. The van der Waals surface area contributed by atoms with Gasteiger partial charge in [-0.3, -0.25) is 20.4 Å². The molecule has 1 aliphatic rings. The van der Waals surface area contributed by atoms with Gasteiger partial charge in [-0.25, -0.2) is 4.79 Å². The van der Waals surface area contributed by atoms with Crippen LogP contribution < -0.4 is 16.2 Å². The molecule has 0 spiro atoms. The molecule has 0 saturated heterocycles. The summed E-state index contributed by atoms with van der Waals surface area (Å²) in [5, 5.41) is 2.50. The number of ether oxygens (including phenoxy) is 1. The summed E-state index contributed by atoms with van der Waals surface area (Å²) in [6.45, 7) is 5.42. The summed E-state index contributed by atoms with van der Waals surface area (Å²) >= 11 is 1.50. The Morgan fingerprint density at radius 1 is 1.12 bits per heavy atom. The van der Waals surface area contributed by atoms with Gasteiger partial charge in [0.25, 0.3) is 5.91 Å². The Balaban J connectivity index is 1.70. The molecule has 0 bridgehead atoms. The predicted molar refractivity (Wildman–Crippen MR) is 100 cm³/mol. The van der Waals surface area contributed by atoms with Gasteiger partial charge >= 0.3 is 6.09 Å². The summed E-state index contributed by atoms with van der Waals surface area (Å²) in [6.07, 6.45) is 5.06. The molecular weight excluding hydrogens is 354 g/mol. The van der Waals surface area contributed by atoms with Crippen molar-refractivity contribution >= 4 is 29.2 Å². The number of hydrogen-bond acceptors (Lipinski definition) is 5. The fraction of sp³-hybridized carbons (Fsp3) is 0.611. The van der Waals surface area contributed by atoms with Crippen molar-refractivity contribution in [2.24, 2.45) is 0 Å². The van der Waals surface area contributed by atoms with E-state index in [0.29, 0.717) is 4.88 Å². The molecule has 0 aromatic carbocycles. The van der Waals surface area contributed by atoms with Crippen LogP contribution in [0.3, 0.4) is 0 Å². The number of carbonyl (C=O) groups excluding carboxylic acids is 3. The van der Waals surface area contributed by atoms with E-state index >= 15 is 0 Å². The lowest BCUT2D eigenvalue weighted by Gasteiger charge is -2.19. The molecule has 0 atom stereocenters. The standard InChI is InChI=1S/C18H27N3O4S/c1-18(2,3)25-17(24)19-10-9-15(22)20-21-16(23)14-11-12-7-5-4-6-8-13(12)26-14/h11H,4-10H2,1-3H3,(H,19,24)(H,20,22)(H,21,23). The highest BCUT2D eigenvalue weighted by atomic mass is 32.1. The molecular formula is C18H27N3O4S. The summed E-state index contributed by atoms with van der Waals surface area (Å²) in [7, 11) is 0. The Hall–Kier alpha value is -2.09. The van der Waals surface area contributed by atoms with E-state index < -0.39 is 11.7 Å². The third kappa shape index (κ3) is 6.67. The van der Waals surface area contributed by atoms with Crippen molar-refractivity contribution in [1.82, 2.24) is 16.2 Å². The summed E-state index contributed by atoms with van der Waals surface area (Å²) < 4.78 is 5.07. The van der Waals surface area contributed by atoms with Crippen molar-refractivity contribution in [1.29, 1.82) is 0 Å². The van der Waals surface area contributed by atoms with E-state index in [9.17, 15) is 14.4 Å². The zero-order chi connectivity index (χ0) is 19.2. The Bertz CT molecular complexity index is 640. The number of rotatable bonds is 4. The summed E-state index contributed by atoms with van der Waals surface area (Å²) in [6, 6.07) is 1.93. The smallest absolute Gasteiger partial charge is 0.407 e. The zero-order valence-corrected chi connectivity index (χ0v) is 16.4. The minimum Gasteiger partial charge on any atom is -0.444 e. The fourth-order valence-electron chi connectivity index (χ4n) is 2.62. The lowest BCUT2D eigenvalue weighted by Crippen LogP contribution is -2.43. The number of thiophene rings is 1. The number of alkyl carbamates (subject to hydrolysis) is 1. The van der Waals surface area contributed by atoms with Gasteiger partial charge in [0, 0.05) is 17.8 Å². The Labute approximate surface area is 157 Å². The number of hydrazine groups is 1. The molecule has 3 N–H and O–H groups in total. The molecule has 1 aliphatic carbocycles.